The summed E-state index contributed by atoms with van der Waals surface area (Å²) in [6.07, 6.45) is 19.1. The Morgan fingerprint density at radius 3 is 1.71 bits per heavy atom. The van der Waals surface area contributed by atoms with E-state index in [1.165, 1.54) is 111 Å². The van der Waals surface area contributed by atoms with Gasteiger partial charge in [0.15, 0.2) is 0 Å². The minimum Gasteiger partial charge on any atom is -0.0886 e. The molecule has 3 rings (SSSR count). The van der Waals surface area contributed by atoms with Crippen molar-refractivity contribution in [2.45, 2.75) is 109 Å². The second-order valence-electron chi connectivity index (χ2n) is 9.86. The van der Waals surface area contributed by atoms with Crippen LogP contribution in [0.1, 0.15) is 115 Å². The van der Waals surface area contributed by atoms with Gasteiger partial charge in [0.2, 0.25) is 0 Å². The Bertz CT molecular complexity index is 756. The third kappa shape index (κ3) is 6.07. The first-order valence-corrected chi connectivity index (χ1v) is 13.8. The van der Waals surface area contributed by atoms with Crippen LogP contribution in [0.4, 0.5) is 0 Å². The Labute approximate surface area is 201 Å². The fourth-order valence-corrected chi connectivity index (χ4v) is 6.02. The second kappa shape index (κ2) is 12.3. The molecule has 0 amide bonds. The molecule has 0 aromatic heterocycles. The number of rotatable bonds is 14. The van der Waals surface area contributed by atoms with Crippen molar-refractivity contribution >= 4 is 29.2 Å². The largest absolute Gasteiger partial charge is 0.139 e. The topological polar surface area (TPSA) is 0 Å². The van der Waals surface area contributed by atoms with Gasteiger partial charge in [-0.3, -0.25) is 0 Å². The second-order valence-corrected chi connectivity index (χ2v) is 10.8. The van der Waals surface area contributed by atoms with Crippen LogP contribution in [0.15, 0.2) is 40.9 Å². The Morgan fingerprint density at radius 1 is 0.645 bits per heavy atom. The molecule has 2 heteroatoms. The molecule has 0 N–H and O–H groups in total. The average molecular weight is 481 g/mol. The molecule has 0 heterocycles. The first kappa shape index (κ1) is 24.6. The molecule has 2 aromatic carbocycles. The smallest absolute Gasteiger partial charge is 0.0886 e. The quantitative estimate of drug-likeness (QED) is 0.188. The monoisotopic (exact) mass is 480 g/mol. The van der Waals surface area contributed by atoms with Gasteiger partial charge in [-0.15, -0.1) is 0 Å². The first-order chi connectivity index (χ1) is 15.1. The SMILES string of the molecule is Bc1ccc2c(c1)C(CCCCCCCC)(CCCCCCCC)c1cc(Br)ccc1-2. The van der Waals surface area contributed by atoms with Crippen molar-refractivity contribution in [1.29, 1.82) is 0 Å². The summed E-state index contributed by atoms with van der Waals surface area (Å²) in [4.78, 5) is 0. The molecule has 0 saturated heterocycles. The lowest BCUT2D eigenvalue weighted by atomic mass is 9.70. The summed E-state index contributed by atoms with van der Waals surface area (Å²) in [6.45, 7) is 4.62. The summed E-state index contributed by atoms with van der Waals surface area (Å²) in [5, 5.41) is 0. The van der Waals surface area contributed by atoms with E-state index in [0.29, 0.717) is 0 Å². The minimum atomic E-state index is 0.204. The van der Waals surface area contributed by atoms with Crippen LogP contribution in [0.25, 0.3) is 11.1 Å². The van der Waals surface area contributed by atoms with E-state index in [2.05, 4.69) is 74.0 Å². The Morgan fingerprint density at radius 2 is 1.13 bits per heavy atom. The Hall–Kier alpha value is -1.02. The van der Waals surface area contributed by atoms with E-state index in [1.807, 2.05) is 0 Å². The van der Waals surface area contributed by atoms with Gasteiger partial charge < -0.3 is 0 Å². The van der Waals surface area contributed by atoms with Crippen LogP contribution in [0.2, 0.25) is 0 Å². The van der Waals surface area contributed by atoms with E-state index in [-0.39, 0.29) is 5.41 Å². The van der Waals surface area contributed by atoms with Crippen LogP contribution in [-0.4, -0.2) is 7.85 Å². The molecule has 0 spiro atoms. The summed E-state index contributed by atoms with van der Waals surface area (Å²) in [7, 11) is 2.26. The Balaban J connectivity index is 1.85. The molecule has 1 aliphatic carbocycles. The van der Waals surface area contributed by atoms with Gasteiger partial charge in [-0.1, -0.05) is 137 Å². The zero-order valence-corrected chi connectivity index (χ0v) is 21.8. The molecule has 0 nitrogen and oxygen atoms in total. The van der Waals surface area contributed by atoms with Gasteiger partial charge in [-0.25, -0.2) is 0 Å². The highest BCUT2D eigenvalue weighted by Crippen LogP contribution is 2.54. The molecule has 0 aliphatic heterocycles. The molecule has 0 atom stereocenters. The number of halogens is 1. The van der Waals surface area contributed by atoms with Crippen molar-refractivity contribution < 1.29 is 0 Å². The van der Waals surface area contributed by atoms with Crippen molar-refractivity contribution in [2.24, 2.45) is 0 Å². The summed E-state index contributed by atoms with van der Waals surface area (Å²) in [5.41, 5.74) is 7.78. The molecule has 1 aliphatic rings. The van der Waals surface area contributed by atoms with Crippen molar-refractivity contribution in [2.75, 3.05) is 0 Å². The zero-order chi connectivity index (χ0) is 22.1. The maximum atomic E-state index is 3.80. The lowest BCUT2D eigenvalue weighted by Crippen LogP contribution is -2.26. The van der Waals surface area contributed by atoms with Crippen molar-refractivity contribution in [1.82, 2.24) is 0 Å². The zero-order valence-electron chi connectivity index (χ0n) is 20.2. The van der Waals surface area contributed by atoms with Gasteiger partial charge >= 0.3 is 0 Å². The van der Waals surface area contributed by atoms with Crippen molar-refractivity contribution in [3.8, 4) is 11.1 Å². The number of hydrogen-bond acceptors (Lipinski definition) is 0. The molecule has 2 aromatic rings. The van der Waals surface area contributed by atoms with E-state index in [4.69, 9.17) is 0 Å². The summed E-state index contributed by atoms with van der Waals surface area (Å²) in [6, 6.07) is 14.2. The van der Waals surface area contributed by atoms with Gasteiger partial charge in [0.25, 0.3) is 0 Å². The fraction of sp³-hybridized carbons (Fsp3) is 0.586. The summed E-state index contributed by atoms with van der Waals surface area (Å²) >= 11 is 3.80. The fourth-order valence-electron chi connectivity index (χ4n) is 5.66. The molecular formula is C29H42BBr. The molecule has 0 saturated carbocycles. The van der Waals surface area contributed by atoms with Crippen LogP contribution < -0.4 is 5.46 Å². The predicted octanol–water partition coefficient (Wildman–Crippen LogP) is 8.48. The van der Waals surface area contributed by atoms with Crippen molar-refractivity contribution in [3.05, 3.63) is 52.0 Å². The van der Waals surface area contributed by atoms with E-state index >= 15 is 0 Å². The van der Waals surface area contributed by atoms with Crippen LogP contribution in [0.3, 0.4) is 0 Å². The van der Waals surface area contributed by atoms with Gasteiger partial charge in [-0.05, 0) is 47.2 Å². The van der Waals surface area contributed by atoms with Crippen LogP contribution >= 0.6 is 15.9 Å². The van der Waals surface area contributed by atoms with Gasteiger partial charge in [0.1, 0.15) is 7.85 Å². The van der Waals surface area contributed by atoms with E-state index < -0.39 is 0 Å². The standard InChI is InChI=1S/C29H42BBr/c1-3-5-7-9-11-13-19-29(20-14-12-10-8-6-4-2)27-21-23(30)15-17-25(27)26-18-16-24(31)22-28(26)29/h15-18,21-22H,3-14,19-20,30H2,1-2H3. The first-order valence-electron chi connectivity index (χ1n) is 13.0. The molecule has 0 unspecified atom stereocenters. The maximum Gasteiger partial charge on any atom is 0.139 e. The molecule has 31 heavy (non-hydrogen) atoms. The highest BCUT2D eigenvalue weighted by atomic mass is 79.9. The van der Waals surface area contributed by atoms with Crippen LogP contribution in [-0.2, 0) is 5.41 Å². The molecule has 0 bridgehead atoms. The van der Waals surface area contributed by atoms with Crippen molar-refractivity contribution in [3.63, 3.8) is 0 Å². The van der Waals surface area contributed by atoms with Crippen LogP contribution in [0.5, 0.6) is 0 Å². The normalized spacial score (nSPS) is 13.9. The number of benzene rings is 2. The highest BCUT2D eigenvalue weighted by molar-refractivity contribution is 9.10. The predicted molar refractivity (Wildman–Crippen MR) is 145 cm³/mol. The van der Waals surface area contributed by atoms with Gasteiger partial charge in [0, 0.05) is 9.89 Å². The lowest BCUT2D eigenvalue weighted by Gasteiger charge is -2.33. The summed E-state index contributed by atoms with van der Waals surface area (Å²) in [5.74, 6) is 0. The summed E-state index contributed by atoms with van der Waals surface area (Å²) < 4.78 is 1.23. The van der Waals surface area contributed by atoms with Gasteiger partial charge in [0.05, 0.1) is 0 Å². The van der Waals surface area contributed by atoms with E-state index in [9.17, 15) is 0 Å². The number of unbranched alkanes of at least 4 members (excludes halogenated alkanes) is 10. The lowest BCUT2D eigenvalue weighted by molar-refractivity contribution is 0.398. The average Bonchev–Trinajstić information content (AvgIpc) is 3.02. The number of hydrogen-bond donors (Lipinski definition) is 0. The molecule has 0 fully saturated rings. The third-order valence-corrected chi connectivity index (χ3v) is 7.89. The minimum absolute atomic E-state index is 0.204. The molecule has 168 valence electrons. The van der Waals surface area contributed by atoms with E-state index in [1.54, 1.807) is 11.1 Å². The molecular weight excluding hydrogens is 439 g/mol. The van der Waals surface area contributed by atoms with E-state index in [0.717, 1.165) is 0 Å². The molecule has 0 radical (unpaired) electrons. The highest BCUT2D eigenvalue weighted by Gasteiger charge is 2.42. The maximum absolute atomic E-state index is 3.80. The Kier molecular flexibility index (Phi) is 9.76. The number of fused-ring (bicyclic) bond motifs is 3. The third-order valence-electron chi connectivity index (χ3n) is 7.39. The van der Waals surface area contributed by atoms with Crippen LogP contribution in [0, 0.1) is 0 Å². The van der Waals surface area contributed by atoms with Gasteiger partial charge in [-0.2, -0.15) is 0 Å².